The predicted octanol–water partition coefficient (Wildman–Crippen LogP) is 3.14. The van der Waals surface area contributed by atoms with E-state index in [1.807, 2.05) is 6.07 Å². The van der Waals surface area contributed by atoms with Crippen molar-refractivity contribution in [3.05, 3.63) is 59.7 Å². The molecular formula is C27H35N3O6S. The topological polar surface area (TPSA) is 113 Å². The molecule has 0 radical (unpaired) electrons. The Balaban J connectivity index is 1.92. The van der Waals surface area contributed by atoms with Gasteiger partial charge in [0.15, 0.2) is 5.78 Å². The highest BCUT2D eigenvalue weighted by Gasteiger charge is 2.31. The van der Waals surface area contributed by atoms with Crippen LogP contribution in [0.4, 0.5) is 5.69 Å². The summed E-state index contributed by atoms with van der Waals surface area (Å²) in [5, 5.41) is 3.03. The third-order valence-electron chi connectivity index (χ3n) is 6.58. The van der Waals surface area contributed by atoms with Crippen molar-refractivity contribution in [2.24, 2.45) is 0 Å². The molecule has 2 amide bonds. The summed E-state index contributed by atoms with van der Waals surface area (Å²) in [5.41, 5.74) is 1.27. The summed E-state index contributed by atoms with van der Waals surface area (Å²) in [5.74, 6) is -0.451. The quantitative estimate of drug-likeness (QED) is 0.448. The maximum atomic E-state index is 13.7. The van der Waals surface area contributed by atoms with Gasteiger partial charge in [-0.3, -0.25) is 18.7 Å². The number of carbonyl (C=O) groups is 3. The van der Waals surface area contributed by atoms with E-state index in [1.54, 1.807) is 44.4 Å². The van der Waals surface area contributed by atoms with Crippen LogP contribution >= 0.6 is 0 Å². The Bertz CT molecular complexity index is 1240. The van der Waals surface area contributed by atoms with Crippen LogP contribution in [0.15, 0.2) is 48.5 Å². The van der Waals surface area contributed by atoms with E-state index in [2.05, 4.69) is 5.32 Å². The minimum absolute atomic E-state index is 0.0746. The highest BCUT2D eigenvalue weighted by molar-refractivity contribution is 7.92. The average molecular weight is 530 g/mol. The summed E-state index contributed by atoms with van der Waals surface area (Å²) in [7, 11) is -2.34. The van der Waals surface area contributed by atoms with Gasteiger partial charge in [0.2, 0.25) is 21.8 Å². The number of ketones is 1. The number of ether oxygens (including phenoxy) is 1. The number of nitrogens with one attached hydrogen (secondary N) is 1. The average Bonchev–Trinajstić information content (AvgIpc) is 3.37. The van der Waals surface area contributed by atoms with Gasteiger partial charge in [0, 0.05) is 18.2 Å². The van der Waals surface area contributed by atoms with E-state index in [0.29, 0.717) is 11.3 Å². The largest absolute Gasteiger partial charge is 0.497 e. The minimum Gasteiger partial charge on any atom is -0.497 e. The van der Waals surface area contributed by atoms with E-state index >= 15 is 0 Å². The van der Waals surface area contributed by atoms with Crippen molar-refractivity contribution in [3.8, 4) is 5.75 Å². The van der Waals surface area contributed by atoms with Crippen molar-refractivity contribution in [2.45, 2.75) is 58.2 Å². The standard InChI is InChI=1S/C27H35N3O6S/c1-19(27(33)28-23-11-5-6-12-23)29(17-21-9-7-14-25(15-21)36-3)26(32)18-30(37(4,34)35)24-13-8-10-22(16-24)20(2)31/h7-10,13-16,19,23H,5-6,11-12,17-18H2,1-4H3,(H,28,33)/t19-/m1/s1. The number of methoxy groups -OCH3 is 1. The number of rotatable bonds is 11. The fourth-order valence-corrected chi connectivity index (χ4v) is 5.28. The van der Waals surface area contributed by atoms with Gasteiger partial charge >= 0.3 is 0 Å². The Morgan fingerprint density at radius 2 is 1.76 bits per heavy atom. The normalized spacial score (nSPS) is 14.6. The van der Waals surface area contributed by atoms with Crippen LogP contribution in [0.5, 0.6) is 5.75 Å². The summed E-state index contributed by atoms with van der Waals surface area (Å²) >= 11 is 0. The molecule has 1 aliphatic carbocycles. The van der Waals surface area contributed by atoms with Crippen LogP contribution in [-0.2, 0) is 26.2 Å². The molecule has 1 saturated carbocycles. The monoisotopic (exact) mass is 529 g/mol. The molecule has 0 spiro atoms. The molecule has 1 N–H and O–H groups in total. The second-order valence-corrected chi connectivity index (χ2v) is 11.3. The lowest BCUT2D eigenvalue weighted by atomic mass is 10.1. The van der Waals surface area contributed by atoms with Crippen LogP contribution in [0.1, 0.15) is 55.5 Å². The SMILES string of the molecule is COc1cccc(CN(C(=O)CN(c2cccc(C(C)=O)c2)S(C)(=O)=O)[C@H](C)C(=O)NC2CCCC2)c1. The zero-order valence-corrected chi connectivity index (χ0v) is 22.6. The van der Waals surface area contributed by atoms with Gasteiger partial charge in [-0.2, -0.15) is 0 Å². The summed E-state index contributed by atoms with van der Waals surface area (Å²) in [6, 6.07) is 12.5. The third-order valence-corrected chi connectivity index (χ3v) is 7.72. The fourth-order valence-electron chi connectivity index (χ4n) is 4.44. The first-order chi connectivity index (χ1) is 17.5. The van der Waals surface area contributed by atoms with Crippen molar-refractivity contribution in [1.82, 2.24) is 10.2 Å². The van der Waals surface area contributed by atoms with Crippen molar-refractivity contribution in [2.75, 3.05) is 24.2 Å². The van der Waals surface area contributed by atoms with Gasteiger partial charge in [0.25, 0.3) is 0 Å². The Labute approximate surface area is 218 Å². The Morgan fingerprint density at radius 1 is 1.08 bits per heavy atom. The molecule has 0 saturated heterocycles. The van der Waals surface area contributed by atoms with Crippen LogP contribution in [0, 0.1) is 0 Å². The van der Waals surface area contributed by atoms with Gasteiger partial charge in [-0.25, -0.2) is 8.42 Å². The van der Waals surface area contributed by atoms with E-state index < -0.39 is 28.5 Å². The Morgan fingerprint density at radius 3 is 2.38 bits per heavy atom. The second kappa shape index (κ2) is 12.2. The van der Waals surface area contributed by atoms with Gasteiger partial charge in [-0.05, 0) is 56.5 Å². The number of hydrogen-bond donors (Lipinski definition) is 1. The zero-order valence-electron chi connectivity index (χ0n) is 21.8. The third kappa shape index (κ3) is 7.55. The lowest BCUT2D eigenvalue weighted by Crippen LogP contribution is -2.52. The van der Waals surface area contributed by atoms with Gasteiger partial charge in [0.05, 0.1) is 19.1 Å². The molecular weight excluding hydrogens is 494 g/mol. The molecule has 2 aromatic rings. The highest BCUT2D eigenvalue weighted by atomic mass is 32.2. The maximum absolute atomic E-state index is 13.7. The van der Waals surface area contributed by atoms with Crippen LogP contribution < -0.4 is 14.4 Å². The Kier molecular flexibility index (Phi) is 9.31. The molecule has 10 heteroatoms. The van der Waals surface area contributed by atoms with Crippen LogP contribution in [0.3, 0.4) is 0 Å². The molecule has 3 rings (SSSR count). The second-order valence-electron chi connectivity index (χ2n) is 9.42. The van der Waals surface area contributed by atoms with Gasteiger partial charge < -0.3 is 15.0 Å². The van der Waals surface area contributed by atoms with E-state index in [1.165, 1.54) is 24.0 Å². The number of hydrogen-bond acceptors (Lipinski definition) is 6. The number of sulfonamides is 1. The highest BCUT2D eigenvalue weighted by Crippen LogP contribution is 2.22. The first kappa shape index (κ1) is 28.2. The number of benzene rings is 2. The molecule has 0 bridgehead atoms. The maximum Gasteiger partial charge on any atom is 0.244 e. The molecule has 9 nitrogen and oxygen atoms in total. The Hall–Kier alpha value is -3.40. The lowest BCUT2D eigenvalue weighted by Gasteiger charge is -2.32. The summed E-state index contributed by atoms with van der Waals surface area (Å²) in [6.07, 6.45) is 4.90. The van der Waals surface area contributed by atoms with Gasteiger partial charge in [-0.15, -0.1) is 0 Å². The number of amides is 2. The first-order valence-electron chi connectivity index (χ1n) is 12.3. The molecule has 0 aliphatic heterocycles. The number of carbonyl (C=O) groups excluding carboxylic acids is 3. The molecule has 0 unspecified atom stereocenters. The van der Waals surface area contributed by atoms with Gasteiger partial charge in [0.1, 0.15) is 18.3 Å². The van der Waals surface area contributed by atoms with Crippen molar-refractivity contribution in [1.29, 1.82) is 0 Å². The summed E-state index contributed by atoms with van der Waals surface area (Å²) < 4.78 is 31.7. The molecule has 0 aromatic heterocycles. The molecule has 200 valence electrons. The fraction of sp³-hybridized carbons (Fsp3) is 0.444. The van der Waals surface area contributed by atoms with E-state index in [9.17, 15) is 22.8 Å². The van der Waals surface area contributed by atoms with Crippen molar-refractivity contribution in [3.63, 3.8) is 0 Å². The molecule has 1 aliphatic rings. The molecule has 2 aromatic carbocycles. The van der Waals surface area contributed by atoms with Crippen molar-refractivity contribution < 1.29 is 27.5 Å². The molecule has 1 atom stereocenters. The molecule has 1 fully saturated rings. The minimum atomic E-state index is -3.88. The van der Waals surface area contributed by atoms with Crippen LogP contribution in [0.2, 0.25) is 0 Å². The van der Waals surface area contributed by atoms with Gasteiger partial charge in [-0.1, -0.05) is 37.1 Å². The molecule has 37 heavy (non-hydrogen) atoms. The number of nitrogens with zero attached hydrogens (tertiary/aromatic N) is 2. The zero-order chi connectivity index (χ0) is 27.2. The molecule has 0 heterocycles. The lowest BCUT2D eigenvalue weighted by molar-refractivity contribution is -0.139. The summed E-state index contributed by atoms with van der Waals surface area (Å²) in [4.78, 5) is 40.1. The van der Waals surface area contributed by atoms with Crippen LogP contribution in [-0.4, -0.2) is 62.9 Å². The van der Waals surface area contributed by atoms with E-state index in [-0.39, 0.29) is 30.0 Å². The summed E-state index contributed by atoms with van der Waals surface area (Å²) in [6.45, 7) is 2.59. The smallest absolute Gasteiger partial charge is 0.244 e. The first-order valence-corrected chi connectivity index (χ1v) is 14.2. The number of anilines is 1. The van der Waals surface area contributed by atoms with Crippen molar-refractivity contribution >= 4 is 33.3 Å². The number of Topliss-reactive ketones (excluding diaryl/α,β-unsaturated/α-hetero) is 1. The van der Waals surface area contributed by atoms with E-state index in [0.717, 1.165) is 41.8 Å². The predicted molar refractivity (Wildman–Crippen MR) is 142 cm³/mol. The van der Waals surface area contributed by atoms with E-state index in [4.69, 9.17) is 4.74 Å². The van der Waals surface area contributed by atoms with Crippen LogP contribution in [0.25, 0.3) is 0 Å².